The van der Waals surface area contributed by atoms with Crippen LogP contribution in [0.3, 0.4) is 0 Å². The van der Waals surface area contributed by atoms with Crippen LogP contribution in [0, 0.1) is 11.7 Å². The highest BCUT2D eigenvalue weighted by Crippen LogP contribution is 2.27. The minimum atomic E-state index is -0.343. The molecule has 0 aromatic heterocycles. The summed E-state index contributed by atoms with van der Waals surface area (Å²) in [6, 6.07) is 12.9. The van der Waals surface area contributed by atoms with Crippen molar-refractivity contribution in [2.45, 2.75) is 12.8 Å². The maximum absolute atomic E-state index is 13.1. The third-order valence-electron chi connectivity index (χ3n) is 3.59. The number of carbonyl (C=O) groups excluding carboxylic acids is 1. The predicted octanol–water partition coefficient (Wildman–Crippen LogP) is 3.98. The Labute approximate surface area is 146 Å². The number of benzene rings is 2. The lowest BCUT2D eigenvalue weighted by molar-refractivity contribution is -0.115. The van der Waals surface area contributed by atoms with Gasteiger partial charge in [0, 0.05) is 11.8 Å². The molecule has 2 aromatic rings. The first kappa shape index (κ1) is 18.2. The van der Waals surface area contributed by atoms with Gasteiger partial charge in [-0.1, -0.05) is 6.07 Å². The Balaban J connectivity index is 0.00000208. The van der Waals surface area contributed by atoms with Crippen molar-refractivity contribution in [1.29, 1.82) is 0 Å². The molecule has 0 radical (unpaired) electrons. The van der Waals surface area contributed by atoms with E-state index in [-0.39, 0.29) is 24.1 Å². The average Bonchev–Trinajstić information content (AvgIpc) is 3.34. The Hall–Kier alpha value is -2.11. The fourth-order valence-corrected chi connectivity index (χ4v) is 2.19. The van der Waals surface area contributed by atoms with Crippen molar-refractivity contribution >= 4 is 24.0 Å². The zero-order valence-corrected chi connectivity index (χ0v) is 13.9. The number of hydrogen-bond acceptors (Lipinski definition) is 3. The Morgan fingerprint density at radius 1 is 1.12 bits per heavy atom. The first-order valence-electron chi connectivity index (χ1n) is 7.73. The topological polar surface area (TPSA) is 50.4 Å². The molecule has 0 unspecified atom stereocenters. The SMILES string of the molecule is Cl.O=C(CNCC1CC1)Nc1ccc(Oc2cccc(F)c2)cc1. The summed E-state index contributed by atoms with van der Waals surface area (Å²) >= 11 is 0. The summed E-state index contributed by atoms with van der Waals surface area (Å²) in [4.78, 5) is 11.8. The van der Waals surface area contributed by atoms with Crippen LogP contribution in [0.25, 0.3) is 0 Å². The van der Waals surface area contributed by atoms with Crippen LogP contribution in [0.15, 0.2) is 48.5 Å². The highest BCUT2D eigenvalue weighted by molar-refractivity contribution is 5.92. The molecule has 1 aliphatic carbocycles. The normalized spacial score (nSPS) is 13.0. The molecule has 1 amide bonds. The molecule has 0 atom stereocenters. The zero-order chi connectivity index (χ0) is 16.1. The third-order valence-corrected chi connectivity index (χ3v) is 3.59. The van der Waals surface area contributed by atoms with Gasteiger partial charge in [0.25, 0.3) is 0 Å². The quantitative estimate of drug-likeness (QED) is 0.794. The number of anilines is 1. The molecule has 0 aliphatic heterocycles. The lowest BCUT2D eigenvalue weighted by atomic mass is 10.3. The van der Waals surface area contributed by atoms with E-state index in [0.29, 0.717) is 23.7 Å². The molecule has 0 heterocycles. The zero-order valence-electron chi connectivity index (χ0n) is 13.1. The van der Waals surface area contributed by atoms with Crippen LogP contribution >= 0.6 is 12.4 Å². The second-order valence-corrected chi connectivity index (χ2v) is 5.71. The van der Waals surface area contributed by atoms with Gasteiger partial charge >= 0.3 is 0 Å². The van der Waals surface area contributed by atoms with Gasteiger partial charge in [0.05, 0.1) is 6.54 Å². The minimum Gasteiger partial charge on any atom is -0.457 e. The van der Waals surface area contributed by atoms with E-state index in [4.69, 9.17) is 4.74 Å². The summed E-state index contributed by atoms with van der Waals surface area (Å²) in [6.07, 6.45) is 2.53. The van der Waals surface area contributed by atoms with Gasteiger partial charge in [-0.15, -0.1) is 12.4 Å². The van der Waals surface area contributed by atoms with Crippen molar-refractivity contribution in [2.24, 2.45) is 5.92 Å². The first-order valence-corrected chi connectivity index (χ1v) is 7.73. The second-order valence-electron chi connectivity index (χ2n) is 5.71. The van der Waals surface area contributed by atoms with E-state index < -0.39 is 0 Å². The van der Waals surface area contributed by atoms with E-state index in [0.717, 1.165) is 12.5 Å². The molecular formula is C18H20ClFN2O2. The summed E-state index contributed by atoms with van der Waals surface area (Å²) < 4.78 is 18.7. The number of carbonyl (C=O) groups is 1. The largest absolute Gasteiger partial charge is 0.457 e. The fourth-order valence-electron chi connectivity index (χ4n) is 2.19. The van der Waals surface area contributed by atoms with Crippen LogP contribution in [0.2, 0.25) is 0 Å². The number of hydrogen-bond donors (Lipinski definition) is 2. The third kappa shape index (κ3) is 5.83. The van der Waals surface area contributed by atoms with Crippen molar-refractivity contribution in [3.63, 3.8) is 0 Å². The molecule has 4 nitrogen and oxygen atoms in total. The van der Waals surface area contributed by atoms with Gasteiger partial charge in [-0.2, -0.15) is 0 Å². The minimum absolute atomic E-state index is 0. The number of amides is 1. The van der Waals surface area contributed by atoms with Crippen molar-refractivity contribution in [2.75, 3.05) is 18.4 Å². The van der Waals surface area contributed by atoms with E-state index in [1.54, 1.807) is 36.4 Å². The summed E-state index contributed by atoms with van der Waals surface area (Å²) in [6.45, 7) is 1.23. The van der Waals surface area contributed by atoms with E-state index in [1.807, 2.05) is 0 Å². The number of nitrogens with one attached hydrogen (secondary N) is 2. The van der Waals surface area contributed by atoms with Gasteiger partial charge in [-0.25, -0.2) is 4.39 Å². The smallest absolute Gasteiger partial charge is 0.238 e. The van der Waals surface area contributed by atoms with Crippen molar-refractivity contribution in [1.82, 2.24) is 5.32 Å². The van der Waals surface area contributed by atoms with Crippen molar-refractivity contribution < 1.29 is 13.9 Å². The maximum atomic E-state index is 13.1. The highest BCUT2D eigenvalue weighted by Gasteiger charge is 2.20. The second kappa shape index (κ2) is 8.66. The van der Waals surface area contributed by atoms with Crippen LogP contribution in [-0.2, 0) is 4.79 Å². The molecule has 128 valence electrons. The predicted molar refractivity (Wildman–Crippen MR) is 94.4 cm³/mol. The Bertz CT molecular complexity index is 675. The van der Waals surface area contributed by atoms with Crippen LogP contribution < -0.4 is 15.4 Å². The standard InChI is InChI=1S/C18H19FN2O2.ClH/c19-14-2-1-3-17(10-14)23-16-8-6-15(7-9-16)21-18(22)12-20-11-13-4-5-13;/h1-3,6-10,13,20H,4-5,11-12H2,(H,21,22);1H. The molecule has 0 saturated heterocycles. The average molecular weight is 351 g/mol. The van der Waals surface area contributed by atoms with E-state index in [1.165, 1.54) is 25.0 Å². The lowest BCUT2D eigenvalue weighted by Gasteiger charge is -2.08. The van der Waals surface area contributed by atoms with Crippen LogP contribution in [0.5, 0.6) is 11.5 Å². The molecule has 2 aromatic carbocycles. The Morgan fingerprint density at radius 2 is 1.88 bits per heavy atom. The Morgan fingerprint density at radius 3 is 2.54 bits per heavy atom. The first-order chi connectivity index (χ1) is 11.2. The molecule has 1 fully saturated rings. The summed E-state index contributed by atoms with van der Waals surface area (Å²) in [5.41, 5.74) is 0.704. The van der Waals surface area contributed by atoms with Crippen LogP contribution in [-0.4, -0.2) is 19.0 Å². The molecule has 2 N–H and O–H groups in total. The summed E-state index contributed by atoms with van der Waals surface area (Å²) in [7, 11) is 0. The lowest BCUT2D eigenvalue weighted by Crippen LogP contribution is -2.29. The highest BCUT2D eigenvalue weighted by atomic mass is 35.5. The molecule has 3 rings (SSSR count). The molecule has 0 spiro atoms. The molecule has 6 heteroatoms. The van der Waals surface area contributed by atoms with Crippen molar-refractivity contribution in [3.8, 4) is 11.5 Å². The van der Waals surface area contributed by atoms with Gasteiger partial charge in [0.2, 0.25) is 5.91 Å². The monoisotopic (exact) mass is 350 g/mol. The van der Waals surface area contributed by atoms with Crippen LogP contribution in [0.4, 0.5) is 10.1 Å². The van der Waals surface area contributed by atoms with Crippen LogP contribution in [0.1, 0.15) is 12.8 Å². The molecule has 1 aliphatic rings. The van der Waals surface area contributed by atoms with Gasteiger partial charge in [0.15, 0.2) is 0 Å². The van der Waals surface area contributed by atoms with E-state index in [2.05, 4.69) is 10.6 Å². The van der Waals surface area contributed by atoms with Gasteiger partial charge in [0.1, 0.15) is 17.3 Å². The molecule has 1 saturated carbocycles. The van der Waals surface area contributed by atoms with Gasteiger partial charge in [-0.3, -0.25) is 4.79 Å². The fraction of sp³-hybridized carbons (Fsp3) is 0.278. The van der Waals surface area contributed by atoms with Gasteiger partial charge in [-0.05, 0) is 61.7 Å². The molecular weight excluding hydrogens is 331 g/mol. The van der Waals surface area contributed by atoms with Gasteiger partial charge < -0.3 is 15.4 Å². The van der Waals surface area contributed by atoms with E-state index >= 15 is 0 Å². The number of ether oxygens (including phenoxy) is 1. The molecule has 24 heavy (non-hydrogen) atoms. The summed E-state index contributed by atoms with van der Waals surface area (Å²) in [5.74, 6) is 1.36. The summed E-state index contributed by atoms with van der Waals surface area (Å²) in [5, 5.41) is 5.96. The Kier molecular flexibility index (Phi) is 6.58. The molecule has 0 bridgehead atoms. The van der Waals surface area contributed by atoms with E-state index in [9.17, 15) is 9.18 Å². The number of rotatable bonds is 7. The number of halogens is 2. The van der Waals surface area contributed by atoms with Crippen molar-refractivity contribution in [3.05, 3.63) is 54.3 Å². The maximum Gasteiger partial charge on any atom is 0.238 e.